The number of likely N-dealkylation sites (tertiary alicyclic amines) is 1. The molecule has 5 rings (SSSR count). The summed E-state index contributed by atoms with van der Waals surface area (Å²) in [4.78, 5) is 26.9. The molecule has 1 aliphatic rings. The Balaban J connectivity index is 1.12. The van der Waals surface area contributed by atoms with Gasteiger partial charge < -0.3 is 20.1 Å². The molecule has 3 aromatic carbocycles. The number of ether oxygens (including phenoxy) is 2. The molecule has 0 spiro atoms. The van der Waals surface area contributed by atoms with Gasteiger partial charge in [-0.3, -0.25) is 14.3 Å². The number of hydrogen-bond donors (Lipinski definition) is 1. The zero-order valence-electron chi connectivity index (χ0n) is 25.8. The summed E-state index contributed by atoms with van der Waals surface area (Å²) in [5, 5.41) is 5.61. The summed E-state index contributed by atoms with van der Waals surface area (Å²) < 4.78 is 13.7. The van der Waals surface area contributed by atoms with Gasteiger partial charge in [0.25, 0.3) is 5.91 Å². The topological polar surface area (TPSA) is 99.7 Å². The average molecular weight is 583 g/mol. The molecule has 0 bridgehead atoms. The Morgan fingerprint density at radius 1 is 0.977 bits per heavy atom. The molecule has 1 aliphatic heterocycles. The van der Waals surface area contributed by atoms with Crippen LogP contribution in [0.1, 0.15) is 71.9 Å². The van der Waals surface area contributed by atoms with Gasteiger partial charge >= 0.3 is 0 Å². The number of methoxy groups -OCH3 is 1. The lowest BCUT2D eigenvalue weighted by atomic mass is 9.87. The van der Waals surface area contributed by atoms with Crippen molar-refractivity contribution >= 4 is 22.7 Å². The molecule has 43 heavy (non-hydrogen) atoms. The average Bonchev–Trinajstić information content (AvgIpc) is 3.40. The molecule has 1 saturated heterocycles. The van der Waals surface area contributed by atoms with Crippen molar-refractivity contribution in [1.29, 1.82) is 0 Å². The van der Waals surface area contributed by atoms with Crippen LogP contribution in [-0.2, 0) is 16.7 Å². The molecule has 0 aliphatic carbocycles. The molecular formula is C35H42N4O4. The number of aryl methyl sites for hydroxylation is 1. The number of piperidine rings is 1. The quantitative estimate of drug-likeness (QED) is 0.243. The molecule has 1 fully saturated rings. The number of primary amides is 1. The maximum Gasteiger partial charge on any atom is 0.253 e. The number of aromatic nitrogens is 2. The molecule has 2 amide bonds. The third kappa shape index (κ3) is 7.08. The first-order valence-corrected chi connectivity index (χ1v) is 15.0. The van der Waals surface area contributed by atoms with E-state index in [4.69, 9.17) is 15.2 Å². The van der Waals surface area contributed by atoms with Crippen LogP contribution in [0.4, 0.5) is 0 Å². The molecule has 8 nitrogen and oxygen atoms in total. The predicted octanol–water partition coefficient (Wildman–Crippen LogP) is 6.49. The van der Waals surface area contributed by atoms with E-state index < -0.39 is 5.91 Å². The van der Waals surface area contributed by atoms with Crippen molar-refractivity contribution in [3.63, 3.8) is 0 Å². The molecule has 4 aromatic rings. The standard InChI is InChI=1S/C35H42N4O4/c1-23-30(33(36)40)14-15-32-31(23)22-39(37-32)21-29(42-5)20-24-16-18-38(19-17-24)34(41)25-6-10-27(11-7-25)43-28-12-8-26(9-13-28)35(2,3)4/h6-15,22,24,29H,16-21H2,1-5H3,(H2,36,40). The van der Waals surface area contributed by atoms with Crippen LogP contribution < -0.4 is 10.5 Å². The van der Waals surface area contributed by atoms with Crippen molar-refractivity contribution in [3.8, 4) is 11.5 Å². The van der Waals surface area contributed by atoms with E-state index in [0.29, 0.717) is 29.3 Å². The van der Waals surface area contributed by atoms with Crippen molar-refractivity contribution in [2.45, 2.75) is 65.0 Å². The third-order valence-electron chi connectivity index (χ3n) is 8.55. The van der Waals surface area contributed by atoms with Gasteiger partial charge in [-0.05, 0) is 97.2 Å². The van der Waals surface area contributed by atoms with Crippen LogP contribution in [0.5, 0.6) is 11.5 Å². The van der Waals surface area contributed by atoms with E-state index >= 15 is 0 Å². The Labute approximate surface area is 253 Å². The van der Waals surface area contributed by atoms with Gasteiger partial charge in [0.1, 0.15) is 11.5 Å². The second-order valence-electron chi connectivity index (χ2n) is 12.6. The van der Waals surface area contributed by atoms with Gasteiger partial charge in [-0.1, -0.05) is 32.9 Å². The minimum Gasteiger partial charge on any atom is -0.457 e. The molecule has 2 heterocycles. The Hall–Kier alpha value is -4.17. The lowest BCUT2D eigenvalue weighted by Gasteiger charge is -2.33. The van der Waals surface area contributed by atoms with E-state index in [2.05, 4.69) is 38.0 Å². The van der Waals surface area contributed by atoms with Crippen LogP contribution >= 0.6 is 0 Å². The predicted molar refractivity (Wildman–Crippen MR) is 169 cm³/mol. The first kappa shape index (κ1) is 30.3. The monoisotopic (exact) mass is 582 g/mol. The summed E-state index contributed by atoms with van der Waals surface area (Å²) in [6.45, 7) is 10.5. The van der Waals surface area contributed by atoms with Crippen molar-refractivity contribution in [2.75, 3.05) is 20.2 Å². The van der Waals surface area contributed by atoms with Gasteiger partial charge in [-0.15, -0.1) is 0 Å². The van der Waals surface area contributed by atoms with E-state index in [0.717, 1.165) is 54.6 Å². The molecule has 8 heteroatoms. The smallest absolute Gasteiger partial charge is 0.253 e. The normalized spacial score (nSPS) is 15.0. The molecule has 226 valence electrons. The van der Waals surface area contributed by atoms with Gasteiger partial charge in [-0.25, -0.2) is 0 Å². The maximum absolute atomic E-state index is 13.2. The van der Waals surface area contributed by atoms with Crippen molar-refractivity contribution in [1.82, 2.24) is 14.7 Å². The summed E-state index contributed by atoms with van der Waals surface area (Å²) >= 11 is 0. The number of nitrogens with two attached hydrogens (primary N) is 1. The Morgan fingerprint density at radius 2 is 1.60 bits per heavy atom. The van der Waals surface area contributed by atoms with E-state index in [1.54, 1.807) is 13.2 Å². The van der Waals surface area contributed by atoms with E-state index in [1.807, 2.05) is 65.2 Å². The second-order valence-corrected chi connectivity index (χ2v) is 12.6. The molecular weight excluding hydrogens is 540 g/mol. The van der Waals surface area contributed by atoms with Crippen molar-refractivity contribution in [3.05, 3.63) is 89.1 Å². The van der Waals surface area contributed by atoms with Crippen LogP contribution in [0.15, 0.2) is 66.9 Å². The summed E-state index contributed by atoms with van der Waals surface area (Å²) in [5.74, 6) is 1.56. The number of fused-ring (bicyclic) bond motifs is 1. The fraction of sp³-hybridized carbons (Fsp3) is 0.400. The number of nitrogens with zero attached hydrogens (tertiary/aromatic N) is 3. The lowest BCUT2D eigenvalue weighted by molar-refractivity contribution is 0.0459. The molecule has 1 aromatic heterocycles. The van der Waals surface area contributed by atoms with Crippen molar-refractivity contribution < 1.29 is 19.1 Å². The summed E-state index contributed by atoms with van der Waals surface area (Å²) in [6.07, 6.45) is 4.71. The zero-order chi connectivity index (χ0) is 30.7. The number of carbonyl (C=O) groups excluding carboxylic acids is 2. The van der Waals surface area contributed by atoms with Gasteiger partial charge in [-0.2, -0.15) is 5.10 Å². The van der Waals surface area contributed by atoms with Gasteiger partial charge in [0.15, 0.2) is 0 Å². The van der Waals surface area contributed by atoms with Crippen LogP contribution in [-0.4, -0.2) is 52.8 Å². The molecule has 1 unspecified atom stereocenters. The second kappa shape index (κ2) is 12.6. The summed E-state index contributed by atoms with van der Waals surface area (Å²) in [5.41, 5.74) is 9.72. The Morgan fingerprint density at radius 3 is 2.19 bits per heavy atom. The summed E-state index contributed by atoms with van der Waals surface area (Å²) in [6, 6.07) is 19.1. The highest BCUT2D eigenvalue weighted by Crippen LogP contribution is 2.29. The van der Waals surface area contributed by atoms with E-state index in [-0.39, 0.29) is 17.4 Å². The molecule has 1 atom stereocenters. The molecule has 2 N–H and O–H groups in total. The first-order chi connectivity index (χ1) is 20.5. The van der Waals surface area contributed by atoms with Gasteiger partial charge in [0.05, 0.1) is 18.2 Å². The minimum absolute atomic E-state index is 0.00492. The largest absolute Gasteiger partial charge is 0.457 e. The third-order valence-corrected chi connectivity index (χ3v) is 8.55. The van der Waals surface area contributed by atoms with E-state index in [9.17, 15) is 9.59 Å². The number of benzene rings is 3. The minimum atomic E-state index is -0.435. The van der Waals surface area contributed by atoms with Crippen molar-refractivity contribution in [2.24, 2.45) is 11.7 Å². The summed E-state index contributed by atoms with van der Waals surface area (Å²) in [7, 11) is 1.73. The van der Waals surface area contributed by atoms with Gasteiger partial charge in [0.2, 0.25) is 5.91 Å². The first-order valence-electron chi connectivity index (χ1n) is 15.0. The highest BCUT2D eigenvalue weighted by molar-refractivity contribution is 5.99. The van der Waals surface area contributed by atoms with E-state index in [1.165, 1.54) is 5.56 Å². The van der Waals surface area contributed by atoms with Gasteiger partial charge in [0, 0.05) is 42.9 Å². The highest BCUT2D eigenvalue weighted by atomic mass is 16.5. The fourth-order valence-electron chi connectivity index (χ4n) is 5.85. The Bertz CT molecular complexity index is 1580. The fourth-order valence-corrected chi connectivity index (χ4v) is 5.85. The maximum atomic E-state index is 13.2. The van der Waals surface area contributed by atoms with Crippen LogP contribution in [0.25, 0.3) is 10.9 Å². The Kier molecular flexibility index (Phi) is 8.87. The number of carbonyl (C=O) groups is 2. The number of amides is 2. The van der Waals surface area contributed by atoms with Crippen LogP contribution in [0, 0.1) is 12.8 Å². The SMILES string of the molecule is COC(CC1CCN(C(=O)c2ccc(Oc3ccc(C(C)(C)C)cc3)cc2)CC1)Cn1cc2c(C)c(C(N)=O)ccc2n1. The number of hydrogen-bond acceptors (Lipinski definition) is 5. The van der Waals surface area contributed by atoms with Crippen LogP contribution in [0.3, 0.4) is 0 Å². The number of rotatable bonds is 9. The van der Waals surface area contributed by atoms with Crippen LogP contribution in [0.2, 0.25) is 0 Å². The zero-order valence-corrected chi connectivity index (χ0v) is 25.8. The highest BCUT2D eigenvalue weighted by Gasteiger charge is 2.26. The lowest BCUT2D eigenvalue weighted by Crippen LogP contribution is -2.39. The molecule has 0 saturated carbocycles. The molecule has 0 radical (unpaired) electrons.